The molecule has 0 amide bonds. The van der Waals surface area contributed by atoms with E-state index < -0.39 is 5.82 Å². The van der Waals surface area contributed by atoms with Crippen molar-refractivity contribution in [3.8, 4) is 5.75 Å². The number of carbonyl (C=O) groups excluding carboxylic acids is 1. The van der Waals surface area contributed by atoms with Crippen molar-refractivity contribution in [3.05, 3.63) is 62.1 Å². The fraction of sp³-hybridized carbons (Fsp3) is 0.375. The van der Waals surface area contributed by atoms with E-state index in [4.69, 9.17) is 9.47 Å². The van der Waals surface area contributed by atoms with Crippen LogP contribution in [0.3, 0.4) is 0 Å². The summed E-state index contributed by atoms with van der Waals surface area (Å²) in [5, 5.41) is 0. The first-order chi connectivity index (χ1) is 14.5. The van der Waals surface area contributed by atoms with Crippen LogP contribution in [0.5, 0.6) is 5.75 Å². The van der Waals surface area contributed by atoms with Crippen molar-refractivity contribution in [2.75, 3.05) is 40.0 Å². The summed E-state index contributed by atoms with van der Waals surface area (Å²) in [6, 6.07) is 6.28. The number of thiophene rings is 1. The van der Waals surface area contributed by atoms with Gasteiger partial charge < -0.3 is 9.47 Å². The first-order valence-electron chi connectivity index (χ1n) is 10.2. The monoisotopic (exact) mass is 427 g/mol. The number of hydrogen-bond acceptors (Lipinski definition) is 5. The smallest absolute Gasteiger partial charge is 0.203 e. The normalized spacial score (nSPS) is 17.0. The molecule has 0 bridgehead atoms. The lowest BCUT2D eigenvalue weighted by Gasteiger charge is -2.26. The number of benzene rings is 1. The van der Waals surface area contributed by atoms with Crippen molar-refractivity contribution in [2.24, 2.45) is 0 Å². The van der Waals surface area contributed by atoms with Gasteiger partial charge in [0.1, 0.15) is 0 Å². The minimum Gasteiger partial charge on any atom is -0.494 e. The molecule has 2 heterocycles. The van der Waals surface area contributed by atoms with Crippen molar-refractivity contribution >= 4 is 29.3 Å². The van der Waals surface area contributed by atoms with E-state index in [0.29, 0.717) is 10.4 Å². The Balaban J connectivity index is 1.54. The molecule has 1 aromatic heterocycles. The molecule has 1 aromatic carbocycles. The van der Waals surface area contributed by atoms with Crippen molar-refractivity contribution < 1.29 is 18.7 Å². The molecule has 0 spiro atoms. The van der Waals surface area contributed by atoms with Crippen LogP contribution in [0.2, 0.25) is 0 Å². The highest BCUT2D eigenvalue weighted by Crippen LogP contribution is 2.34. The van der Waals surface area contributed by atoms with Gasteiger partial charge in [-0.05, 0) is 55.7 Å². The van der Waals surface area contributed by atoms with Crippen LogP contribution in [0.1, 0.15) is 45.4 Å². The Labute approximate surface area is 180 Å². The zero-order valence-electron chi connectivity index (χ0n) is 17.4. The van der Waals surface area contributed by atoms with Crippen molar-refractivity contribution in [1.82, 2.24) is 4.90 Å². The van der Waals surface area contributed by atoms with Crippen LogP contribution in [-0.2, 0) is 4.74 Å². The second-order valence-electron chi connectivity index (χ2n) is 7.78. The number of allylic oxidation sites excluding steroid dienone is 1. The Bertz CT molecular complexity index is 1000. The highest BCUT2D eigenvalue weighted by molar-refractivity contribution is 7.15. The SMILES string of the molecule is COc1ccc(C(=O)c2cc3c(s2)C=C(CCN2CCOCC2)CC(C)=C3)cc1F. The van der Waals surface area contributed by atoms with Gasteiger partial charge in [-0.1, -0.05) is 17.2 Å². The summed E-state index contributed by atoms with van der Waals surface area (Å²) in [6.45, 7) is 6.76. The number of methoxy groups -OCH3 is 1. The molecule has 4 nitrogen and oxygen atoms in total. The molecule has 0 unspecified atom stereocenters. The van der Waals surface area contributed by atoms with Crippen molar-refractivity contribution in [2.45, 2.75) is 19.8 Å². The third-order valence-electron chi connectivity index (χ3n) is 5.52. The van der Waals surface area contributed by atoms with Crippen LogP contribution >= 0.6 is 11.3 Å². The van der Waals surface area contributed by atoms with Crippen LogP contribution in [0.25, 0.3) is 12.2 Å². The Hall–Kier alpha value is -2.28. The summed E-state index contributed by atoms with van der Waals surface area (Å²) < 4.78 is 24.4. The number of fused-ring (bicyclic) bond motifs is 1. The minimum absolute atomic E-state index is 0.139. The average molecular weight is 428 g/mol. The Kier molecular flexibility index (Phi) is 6.46. The molecule has 0 atom stereocenters. The van der Waals surface area contributed by atoms with Gasteiger partial charge in [0.2, 0.25) is 5.78 Å². The molecule has 6 heteroatoms. The summed E-state index contributed by atoms with van der Waals surface area (Å²) in [5.74, 6) is -0.550. The molecule has 30 heavy (non-hydrogen) atoms. The van der Waals surface area contributed by atoms with Crippen LogP contribution in [-0.4, -0.2) is 50.6 Å². The maximum absolute atomic E-state index is 14.0. The van der Waals surface area contributed by atoms with Crippen LogP contribution < -0.4 is 4.74 Å². The van der Waals surface area contributed by atoms with E-state index in [1.807, 2.05) is 6.07 Å². The van der Waals surface area contributed by atoms with Gasteiger partial charge in [0.05, 0.1) is 25.2 Å². The molecule has 2 aliphatic rings. The zero-order chi connectivity index (χ0) is 21.1. The molecule has 158 valence electrons. The van der Waals surface area contributed by atoms with Crippen LogP contribution in [0, 0.1) is 5.82 Å². The molecule has 1 aliphatic carbocycles. The predicted octanol–water partition coefficient (Wildman–Crippen LogP) is 5.04. The fourth-order valence-electron chi connectivity index (χ4n) is 3.90. The third-order valence-corrected chi connectivity index (χ3v) is 6.62. The van der Waals surface area contributed by atoms with Gasteiger partial charge in [0, 0.05) is 30.1 Å². The van der Waals surface area contributed by atoms with E-state index in [9.17, 15) is 9.18 Å². The lowest BCUT2D eigenvalue weighted by Crippen LogP contribution is -2.36. The van der Waals surface area contributed by atoms with Gasteiger partial charge in [-0.25, -0.2) is 4.39 Å². The third kappa shape index (κ3) is 4.72. The molecule has 2 aromatic rings. The molecule has 4 rings (SSSR count). The summed E-state index contributed by atoms with van der Waals surface area (Å²) in [5.41, 5.74) is 4.07. The number of ether oxygens (including phenoxy) is 2. The summed E-state index contributed by atoms with van der Waals surface area (Å²) in [7, 11) is 1.41. The number of nitrogens with zero attached hydrogens (tertiary/aromatic N) is 1. The minimum atomic E-state index is -0.525. The Morgan fingerprint density at radius 3 is 2.77 bits per heavy atom. The second-order valence-corrected chi connectivity index (χ2v) is 8.87. The average Bonchev–Trinajstić information content (AvgIpc) is 3.07. The highest BCUT2D eigenvalue weighted by Gasteiger charge is 2.19. The topological polar surface area (TPSA) is 38.8 Å². The summed E-state index contributed by atoms with van der Waals surface area (Å²) in [4.78, 5) is 17.1. The number of carbonyl (C=O) groups is 1. The fourth-order valence-corrected chi connectivity index (χ4v) is 5.00. The van der Waals surface area contributed by atoms with Crippen LogP contribution in [0.4, 0.5) is 4.39 Å². The van der Waals surface area contributed by atoms with E-state index in [1.54, 1.807) is 6.07 Å². The summed E-state index contributed by atoms with van der Waals surface area (Å²) in [6.07, 6.45) is 6.36. The maximum atomic E-state index is 14.0. The van der Waals surface area contributed by atoms with Gasteiger partial charge in [0.25, 0.3) is 0 Å². The van der Waals surface area contributed by atoms with Gasteiger partial charge in [-0.2, -0.15) is 0 Å². The zero-order valence-corrected chi connectivity index (χ0v) is 18.2. The number of halogens is 1. The van der Waals surface area contributed by atoms with Gasteiger partial charge in [0.15, 0.2) is 11.6 Å². The first kappa shape index (κ1) is 21.0. The standard InChI is InChI=1S/C24H26FNO3S/c1-16-11-17(5-6-26-7-9-29-10-8-26)13-22-19(12-16)15-23(30-22)24(27)18-3-4-21(28-2)20(25)14-18/h3-4,12-15H,5-11H2,1-2H3. The molecule has 0 saturated carbocycles. The van der Waals surface area contributed by atoms with Gasteiger partial charge in [-0.3, -0.25) is 9.69 Å². The maximum Gasteiger partial charge on any atom is 0.203 e. The molecule has 1 saturated heterocycles. The van der Waals surface area contributed by atoms with Crippen LogP contribution in [0.15, 0.2) is 35.4 Å². The Morgan fingerprint density at radius 1 is 1.23 bits per heavy atom. The number of ketones is 1. The van der Waals surface area contributed by atoms with Gasteiger partial charge >= 0.3 is 0 Å². The second kappa shape index (κ2) is 9.25. The van der Waals surface area contributed by atoms with E-state index in [1.165, 1.54) is 41.7 Å². The number of morpholine rings is 1. The molecule has 1 aliphatic heterocycles. The summed E-state index contributed by atoms with van der Waals surface area (Å²) >= 11 is 1.48. The largest absolute Gasteiger partial charge is 0.494 e. The Morgan fingerprint density at radius 2 is 2.03 bits per heavy atom. The lowest BCUT2D eigenvalue weighted by atomic mass is 10.0. The quantitative estimate of drug-likeness (QED) is 0.606. The first-order valence-corrected chi connectivity index (χ1v) is 11.0. The highest BCUT2D eigenvalue weighted by atomic mass is 32.1. The van der Waals surface area contributed by atoms with E-state index in [0.717, 1.165) is 56.1 Å². The number of rotatable bonds is 6. The molecular formula is C24H26FNO3S. The molecule has 0 N–H and O–H groups in total. The molecule has 1 fully saturated rings. The lowest BCUT2D eigenvalue weighted by molar-refractivity contribution is 0.0384. The predicted molar refractivity (Wildman–Crippen MR) is 119 cm³/mol. The molecular weight excluding hydrogens is 401 g/mol. The number of hydrogen-bond donors (Lipinski definition) is 0. The molecule has 0 radical (unpaired) electrons. The van der Waals surface area contributed by atoms with Crippen molar-refractivity contribution in [3.63, 3.8) is 0 Å². The van der Waals surface area contributed by atoms with E-state index in [2.05, 4.69) is 24.0 Å². The van der Waals surface area contributed by atoms with E-state index in [-0.39, 0.29) is 11.5 Å². The van der Waals surface area contributed by atoms with Crippen molar-refractivity contribution in [1.29, 1.82) is 0 Å². The van der Waals surface area contributed by atoms with E-state index >= 15 is 0 Å². The van der Waals surface area contributed by atoms with Gasteiger partial charge in [-0.15, -0.1) is 11.3 Å².